The summed E-state index contributed by atoms with van der Waals surface area (Å²) in [5, 5.41) is 15.5. The standard InChI is InChI=1S/C6H7NO3/c7-4-2-1-3-10-5(4)6(8)9/h1-2,5,7H,3H2,(H,8,9). The number of nitrogens with one attached hydrogen (secondary N) is 1. The van der Waals surface area contributed by atoms with Crippen molar-refractivity contribution in [1.29, 1.82) is 5.41 Å². The van der Waals surface area contributed by atoms with Gasteiger partial charge in [0.1, 0.15) is 0 Å². The van der Waals surface area contributed by atoms with Crippen LogP contribution in [0, 0.1) is 5.41 Å². The molecule has 1 heterocycles. The maximum atomic E-state index is 10.3. The highest BCUT2D eigenvalue weighted by Gasteiger charge is 2.23. The molecule has 0 aromatic heterocycles. The van der Waals surface area contributed by atoms with Crippen LogP contribution in [-0.4, -0.2) is 29.5 Å². The van der Waals surface area contributed by atoms with Crippen LogP contribution < -0.4 is 0 Å². The number of ether oxygens (including phenoxy) is 1. The average Bonchev–Trinajstić information content (AvgIpc) is 1.88. The molecule has 1 aliphatic heterocycles. The number of carboxylic acids is 1. The van der Waals surface area contributed by atoms with Crippen LogP contribution in [0.5, 0.6) is 0 Å². The zero-order valence-corrected chi connectivity index (χ0v) is 5.20. The predicted molar refractivity (Wildman–Crippen MR) is 34.2 cm³/mol. The Bertz CT molecular complexity index is 197. The van der Waals surface area contributed by atoms with Gasteiger partial charge < -0.3 is 15.3 Å². The Hall–Kier alpha value is -1.16. The highest BCUT2D eigenvalue weighted by Crippen LogP contribution is 2.02. The Labute approximate surface area is 57.6 Å². The summed E-state index contributed by atoms with van der Waals surface area (Å²) in [6, 6.07) is 0. The molecular weight excluding hydrogens is 134 g/mol. The molecule has 1 rings (SSSR count). The van der Waals surface area contributed by atoms with Gasteiger partial charge in [0.15, 0.2) is 6.10 Å². The number of hydrogen-bond acceptors (Lipinski definition) is 3. The van der Waals surface area contributed by atoms with E-state index in [2.05, 4.69) is 0 Å². The van der Waals surface area contributed by atoms with Crippen LogP contribution in [0.4, 0.5) is 0 Å². The summed E-state index contributed by atoms with van der Waals surface area (Å²) in [7, 11) is 0. The Kier molecular flexibility index (Phi) is 1.82. The molecule has 4 nitrogen and oxygen atoms in total. The fourth-order valence-corrected chi connectivity index (χ4v) is 0.708. The highest BCUT2D eigenvalue weighted by molar-refractivity contribution is 6.09. The Morgan fingerprint density at radius 3 is 3.00 bits per heavy atom. The van der Waals surface area contributed by atoms with E-state index < -0.39 is 12.1 Å². The lowest BCUT2D eigenvalue weighted by atomic mass is 10.2. The first-order valence-corrected chi connectivity index (χ1v) is 2.81. The van der Waals surface area contributed by atoms with Crippen LogP contribution in [0.15, 0.2) is 12.2 Å². The number of rotatable bonds is 1. The van der Waals surface area contributed by atoms with Gasteiger partial charge in [0.05, 0.1) is 12.3 Å². The molecule has 1 aliphatic rings. The lowest BCUT2D eigenvalue weighted by molar-refractivity contribution is -0.145. The van der Waals surface area contributed by atoms with Crippen LogP contribution in [-0.2, 0) is 9.53 Å². The van der Waals surface area contributed by atoms with Crippen molar-refractivity contribution in [3.63, 3.8) is 0 Å². The smallest absolute Gasteiger partial charge is 0.339 e. The van der Waals surface area contributed by atoms with Gasteiger partial charge in [0.2, 0.25) is 0 Å². The van der Waals surface area contributed by atoms with E-state index in [0.29, 0.717) is 0 Å². The van der Waals surface area contributed by atoms with Crippen LogP contribution in [0.2, 0.25) is 0 Å². The van der Waals surface area contributed by atoms with Crippen molar-refractivity contribution in [2.45, 2.75) is 6.10 Å². The fourth-order valence-electron chi connectivity index (χ4n) is 0.708. The van der Waals surface area contributed by atoms with Crippen molar-refractivity contribution < 1.29 is 14.6 Å². The summed E-state index contributed by atoms with van der Waals surface area (Å²) in [6.07, 6.45) is 1.99. The summed E-state index contributed by atoms with van der Waals surface area (Å²) in [6.45, 7) is 0.277. The summed E-state index contributed by atoms with van der Waals surface area (Å²) >= 11 is 0. The number of hydrogen-bond donors (Lipinski definition) is 2. The number of aliphatic carboxylic acids is 1. The van der Waals surface area contributed by atoms with Crippen LogP contribution in [0.3, 0.4) is 0 Å². The van der Waals surface area contributed by atoms with Gasteiger partial charge in [-0.3, -0.25) is 0 Å². The molecule has 0 saturated carbocycles. The normalized spacial score (nSPS) is 24.8. The molecule has 54 valence electrons. The van der Waals surface area contributed by atoms with E-state index in [1.807, 2.05) is 0 Å². The Balaban J connectivity index is 2.70. The van der Waals surface area contributed by atoms with E-state index in [1.54, 1.807) is 6.08 Å². The van der Waals surface area contributed by atoms with Crippen molar-refractivity contribution in [1.82, 2.24) is 0 Å². The minimum atomic E-state index is -1.10. The zero-order valence-electron chi connectivity index (χ0n) is 5.20. The molecule has 0 radical (unpaired) electrons. The van der Waals surface area contributed by atoms with Crippen molar-refractivity contribution in [3.05, 3.63) is 12.2 Å². The third kappa shape index (κ3) is 1.22. The minimum absolute atomic E-state index is 0.00116. The first-order valence-electron chi connectivity index (χ1n) is 2.81. The topological polar surface area (TPSA) is 70.4 Å². The molecule has 0 amide bonds. The molecular formula is C6H7NO3. The fraction of sp³-hybridized carbons (Fsp3) is 0.333. The van der Waals surface area contributed by atoms with E-state index in [0.717, 1.165) is 0 Å². The van der Waals surface area contributed by atoms with Gasteiger partial charge in [0.25, 0.3) is 0 Å². The van der Waals surface area contributed by atoms with Crippen molar-refractivity contribution in [2.75, 3.05) is 6.61 Å². The lowest BCUT2D eigenvalue weighted by Crippen LogP contribution is -2.33. The molecule has 2 N–H and O–H groups in total. The second-order valence-electron chi connectivity index (χ2n) is 1.91. The largest absolute Gasteiger partial charge is 0.479 e. The van der Waals surface area contributed by atoms with Gasteiger partial charge in [-0.2, -0.15) is 0 Å². The second kappa shape index (κ2) is 2.62. The molecule has 0 spiro atoms. The predicted octanol–water partition coefficient (Wildman–Crippen LogP) is 0.0458. The summed E-state index contributed by atoms with van der Waals surface area (Å²) in [5.74, 6) is -1.10. The van der Waals surface area contributed by atoms with E-state index in [9.17, 15) is 4.79 Å². The zero-order chi connectivity index (χ0) is 7.56. The van der Waals surface area contributed by atoms with Gasteiger partial charge in [-0.15, -0.1) is 0 Å². The maximum absolute atomic E-state index is 10.3. The molecule has 0 saturated heterocycles. The number of carboxylic acid groups (broad SMARTS) is 1. The minimum Gasteiger partial charge on any atom is -0.479 e. The monoisotopic (exact) mass is 141 g/mol. The molecule has 1 unspecified atom stereocenters. The average molecular weight is 141 g/mol. The molecule has 4 heteroatoms. The molecule has 1 atom stereocenters. The summed E-state index contributed by atoms with van der Waals surface area (Å²) in [5.41, 5.74) is -0.00116. The van der Waals surface area contributed by atoms with Crippen molar-refractivity contribution >= 4 is 11.7 Å². The number of carbonyl (C=O) groups is 1. The molecule has 0 aromatic rings. The van der Waals surface area contributed by atoms with Gasteiger partial charge in [-0.1, -0.05) is 6.08 Å². The van der Waals surface area contributed by atoms with Gasteiger partial charge in [0, 0.05) is 0 Å². The van der Waals surface area contributed by atoms with Crippen molar-refractivity contribution in [2.24, 2.45) is 0 Å². The van der Waals surface area contributed by atoms with Crippen molar-refractivity contribution in [3.8, 4) is 0 Å². The Morgan fingerprint density at radius 1 is 1.90 bits per heavy atom. The molecule has 0 fully saturated rings. The van der Waals surface area contributed by atoms with E-state index in [1.165, 1.54) is 6.08 Å². The quantitative estimate of drug-likeness (QED) is 0.541. The van der Waals surface area contributed by atoms with Gasteiger partial charge >= 0.3 is 5.97 Å². The maximum Gasteiger partial charge on any atom is 0.339 e. The third-order valence-electron chi connectivity index (χ3n) is 1.16. The van der Waals surface area contributed by atoms with E-state index in [-0.39, 0.29) is 12.3 Å². The van der Waals surface area contributed by atoms with E-state index in [4.69, 9.17) is 15.3 Å². The summed E-state index contributed by atoms with van der Waals surface area (Å²) in [4.78, 5) is 10.3. The first-order chi connectivity index (χ1) is 4.72. The molecule has 0 aliphatic carbocycles. The van der Waals surface area contributed by atoms with E-state index >= 15 is 0 Å². The summed E-state index contributed by atoms with van der Waals surface area (Å²) < 4.78 is 4.74. The van der Waals surface area contributed by atoms with Gasteiger partial charge in [-0.05, 0) is 6.08 Å². The second-order valence-corrected chi connectivity index (χ2v) is 1.91. The first kappa shape index (κ1) is 6.95. The SMILES string of the molecule is N=C1C=CCOC1C(=O)O. The third-order valence-corrected chi connectivity index (χ3v) is 1.16. The molecule has 0 aromatic carbocycles. The van der Waals surface area contributed by atoms with Crippen LogP contribution in [0.1, 0.15) is 0 Å². The highest BCUT2D eigenvalue weighted by atomic mass is 16.5. The van der Waals surface area contributed by atoms with Crippen LogP contribution in [0.25, 0.3) is 0 Å². The van der Waals surface area contributed by atoms with Crippen LogP contribution >= 0.6 is 0 Å². The Morgan fingerprint density at radius 2 is 2.60 bits per heavy atom. The lowest BCUT2D eigenvalue weighted by Gasteiger charge is -2.14. The molecule has 10 heavy (non-hydrogen) atoms. The van der Waals surface area contributed by atoms with Gasteiger partial charge in [-0.25, -0.2) is 4.79 Å². The molecule has 0 bridgehead atoms.